The molecule has 2 rings (SSSR count). The van der Waals surface area contributed by atoms with Crippen LogP contribution in [0.5, 0.6) is 0 Å². The lowest BCUT2D eigenvalue weighted by atomic mass is 10.1. The van der Waals surface area contributed by atoms with Gasteiger partial charge in [-0.3, -0.25) is 4.79 Å². The maximum absolute atomic E-state index is 10.4. The highest BCUT2D eigenvalue weighted by atomic mass is 16.7. The first-order chi connectivity index (χ1) is 5.83. The second-order valence-electron chi connectivity index (χ2n) is 3.30. The molecule has 1 fully saturated rings. The van der Waals surface area contributed by atoms with Crippen LogP contribution in [0.1, 0.15) is 12.8 Å². The Morgan fingerprint density at radius 2 is 2.58 bits per heavy atom. The van der Waals surface area contributed by atoms with Crippen LogP contribution in [0.2, 0.25) is 0 Å². The summed E-state index contributed by atoms with van der Waals surface area (Å²) in [5.74, 6) is 0.398. The number of ether oxygens (including phenoxy) is 2. The van der Waals surface area contributed by atoms with Crippen molar-refractivity contribution in [3.05, 3.63) is 11.6 Å². The van der Waals surface area contributed by atoms with Gasteiger partial charge in [-0.2, -0.15) is 0 Å². The maximum Gasteiger partial charge on any atom is 0.158 e. The van der Waals surface area contributed by atoms with E-state index in [1.807, 2.05) is 6.08 Å². The predicted octanol–water partition coefficient (Wildman–Crippen LogP) is 0.893. The summed E-state index contributed by atoms with van der Waals surface area (Å²) in [5.41, 5.74) is 0.875. The van der Waals surface area contributed by atoms with E-state index in [1.165, 1.54) is 0 Å². The summed E-state index contributed by atoms with van der Waals surface area (Å²) < 4.78 is 10.6. The van der Waals surface area contributed by atoms with Crippen molar-refractivity contribution in [1.29, 1.82) is 0 Å². The number of methoxy groups -OCH3 is 1. The molecule has 0 aromatic heterocycles. The van der Waals surface area contributed by atoms with Crippen molar-refractivity contribution in [3.8, 4) is 0 Å². The van der Waals surface area contributed by atoms with E-state index >= 15 is 0 Å². The molecule has 12 heavy (non-hydrogen) atoms. The normalized spacial score (nSPS) is 39.4. The minimum Gasteiger partial charge on any atom is -0.356 e. The van der Waals surface area contributed by atoms with Gasteiger partial charge in [-0.05, 0) is 5.57 Å². The van der Waals surface area contributed by atoms with Gasteiger partial charge in [-0.15, -0.1) is 0 Å². The average molecular weight is 168 g/mol. The largest absolute Gasteiger partial charge is 0.356 e. The molecule has 0 amide bonds. The Morgan fingerprint density at radius 3 is 3.17 bits per heavy atom. The molecule has 3 atom stereocenters. The molecular formula is C9H12O3. The molecule has 0 bridgehead atoms. The molecule has 2 aliphatic rings. The molecule has 66 valence electrons. The zero-order chi connectivity index (χ0) is 8.55. The fraction of sp³-hybridized carbons (Fsp3) is 0.667. The molecule has 1 saturated heterocycles. The van der Waals surface area contributed by atoms with Gasteiger partial charge < -0.3 is 9.47 Å². The second kappa shape index (κ2) is 2.99. The van der Waals surface area contributed by atoms with Crippen LogP contribution in [0.15, 0.2) is 11.6 Å². The number of carbonyl (C=O) groups excluding carboxylic acids is 1. The van der Waals surface area contributed by atoms with E-state index in [1.54, 1.807) is 7.11 Å². The van der Waals surface area contributed by atoms with Gasteiger partial charge in [0.25, 0.3) is 0 Å². The zero-order valence-electron chi connectivity index (χ0n) is 7.03. The van der Waals surface area contributed by atoms with Crippen molar-refractivity contribution >= 4 is 6.29 Å². The quantitative estimate of drug-likeness (QED) is 0.574. The van der Waals surface area contributed by atoms with Crippen LogP contribution in [0.25, 0.3) is 0 Å². The Hall–Kier alpha value is -0.670. The lowest BCUT2D eigenvalue weighted by Gasteiger charge is -2.09. The van der Waals surface area contributed by atoms with Crippen molar-refractivity contribution in [2.45, 2.75) is 25.2 Å². The van der Waals surface area contributed by atoms with Crippen LogP contribution in [-0.4, -0.2) is 25.8 Å². The van der Waals surface area contributed by atoms with E-state index < -0.39 is 0 Å². The fourth-order valence-corrected chi connectivity index (χ4v) is 1.91. The molecule has 1 aliphatic carbocycles. The standard InChI is InChI=1S/C9H12O3/c1-11-9-4-7-2-6(5-10)3-8(7)12-9/h2,5,7-9H,3-4H2,1H3. The average Bonchev–Trinajstić information content (AvgIpc) is 2.59. The van der Waals surface area contributed by atoms with Crippen molar-refractivity contribution in [2.75, 3.05) is 7.11 Å². The SMILES string of the molecule is COC1CC2C=C(C=O)CC2O1. The summed E-state index contributed by atoms with van der Waals surface area (Å²) in [6, 6.07) is 0. The number of hydrogen-bond donors (Lipinski definition) is 0. The van der Waals surface area contributed by atoms with Crippen LogP contribution < -0.4 is 0 Å². The third-order valence-electron chi connectivity index (χ3n) is 2.55. The number of rotatable bonds is 2. The summed E-state index contributed by atoms with van der Waals surface area (Å²) in [7, 11) is 1.65. The van der Waals surface area contributed by atoms with Gasteiger partial charge in [0.05, 0.1) is 6.10 Å². The fourth-order valence-electron chi connectivity index (χ4n) is 1.91. The predicted molar refractivity (Wildman–Crippen MR) is 42.5 cm³/mol. The van der Waals surface area contributed by atoms with Crippen LogP contribution >= 0.6 is 0 Å². The van der Waals surface area contributed by atoms with E-state index in [4.69, 9.17) is 9.47 Å². The molecule has 3 unspecified atom stereocenters. The molecule has 3 nitrogen and oxygen atoms in total. The van der Waals surface area contributed by atoms with Crippen molar-refractivity contribution in [1.82, 2.24) is 0 Å². The molecule has 0 spiro atoms. The Morgan fingerprint density at radius 1 is 1.75 bits per heavy atom. The highest BCUT2D eigenvalue weighted by Gasteiger charge is 2.38. The first-order valence-electron chi connectivity index (χ1n) is 4.17. The van der Waals surface area contributed by atoms with Gasteiger partial charge in [0.1, 0.15) is 6.29 Å². The number of fused-ring (bicyclic) bond motifs is 1. The van der Waals surface area contributed by atoms with E-state index in [0.29, 0.717) is 5.92 Å². The third-order valence-corrected chi connectivity index (χ3v) is 2.55. The lowest BCUT2D eigenvalue weighted by Crippen LogP contribution is -2.12. The van der Waals surface area contributed by atoms with Gasteiger partial charge in [-0.25, -0.2) is 0 Å². The third kappa shape index (κ3) is 1.19. The van der Waals surface area contributed by atoms with E-state index in [2.05, 4.69) is 0 Å². The Kier molecular flexibility index (Phi) is 1.98. The summed E-state index contributed by atoms with van der Waals surface area (Å²) in [5, 5.41) is 0. The summed E-state index contributed by atoms with van der Waals surface area (Å²) in [4.78, 5) is 10.4. The second-order valence-corrected chi connectivity index (χ2v) is 3.30. The first-order valence-corrected chi connectivity index (χ1v) is 4.17. The minimum absolute atomic E-state index is 0.0653. The zero-order valence-corrected chi connectivity index (χ0v) is 7.03. The van der Waals surface area contributed by atoms with Gasteiger partial charge >= 0.3 is 0 Å². The summed E-state index contributed by atoms with van der Waals surface area (Å²) in [6.07, 6.45) is 4.70. The smallest absolute Gasteiger partial charge is 0.158 e. The molecule has 3 heteroatoms. The topological polar surface area (TPSA) is 35.5 Å². The van der Waals surface area contributed by atoms with Crippen molar-refractivity contribution < 1.29 is 14.3 Å². The van der Waals surface area contributed by atoms with Gasteiger partial charge in [0, 0.05) is 25.9 Å². The van der Waals surface area contributed by atoms with Crippen molar-refractivity contribution in [2.24, 2.45) is 5.92 Å². The minimum atomic E-state index is -0.0653. The Labute approximate surface area is 71.3 Å². The molecule has 0 radical (unpaired) electrons. The summed E-state index contributed by atoms with van der Waals surface area (Å²) in [6.45, 7) is 0. The van der Waals surface area contributed by atoms with Gasteiger partial charge in [0.15, 0.2) is 6.29 Å². The summed E-state index contributed by atoms with van der Waals surface area (Å²) >= 11 is 0. The highest BCUT2D eigenvalue weighted by Crippen LogP contribution is 2.37. The van der Waals surface area contributed by atoms with Gasteiger partial charge in [-0.1, -0.05) is 6.08 Å². The maximum atomic E-state index is 10.4. The first kappa shape index (κ1) is 7.95. The van der Waals surface area contributed by atoms with Crippen LogP contribution in [0.4, 0.5) is 0 Å². The molecule has 0 aromatic rings. The van der Waals surface area contributed by atoms with E-state index in [9.17, 15) is 4.79 Å². The Balaban J connectivity index is 2.02. The van der Waals surface area contributed by atoms with E-state index in [0.717, 1.165) is 24.7 Å². The molecule has 0 N–H and O–H groups in total. The number of carbonyl (C=O) groups is 1. The molecule has 1 heterocycles. The lowest BCUT2D eigenvalue weighted by molar-refractivity contribution is -0.115. The number of aldehydes is 1. The molecular weight excluding hydrogens is 156 g/mol. The Bertz CT molecular complexity index is 222. The molecule has 1 aliphatic heterocycles. The van der Waals surface area contributed by atoms with Gasteiger partial charge in [0.2, 0.25) is 0 Å². The number of hydrogen-bond acceptors (Lipinski definition) is 3. The van der Waals surface area contributed by atoms with Crippen molar-refractivity contribution in [3.63, 3.8) is 0 Å². The molecule has 0 aromatic carbocycles. The van der Waals surface area contributed by atoms with Crippen LogP contribution in [0.3, 0.4) is 0 Å². The molecule has 0 saturated carbocycles. The van der Waals surface area contributed by atoms with E-state index in [-0.39, 0.29) is 12.4 Å². The monoisotopic (exact) mass is 168 g/mol. The highest BCUT2D eigenvalue weighted by molar-refractivity contribution is 5.74. The van der Waals surface area contributed by atoms with Crippen LogP contribution in [-0.2, 0) is 14.3 Å². The van der Waals surface area contributed by atoms with Crippen LogP contribution in [0, 0.1) is 5.92 Å².